The number of hydrogen-bond donors (Lipinski definition) is 2. The first kappa shape index (κ1) is 23.5. The molecule has 3 aromatic rings. The molecule has 11 nitrogen and oxygen atoms in total. The molecule has 2 N–H and O–H groups in total. The molecule has 4 rings (SSSR count). The molecule has 1 saturated heterocycles. The van der Waals surface area contributed by atoms with Crippen molar-refractivity contribution in [2.75, 3.05) is 44.4 Å². The molecule has 0 aliphatic carbocycles. The molecule has 170 valence electrons. The third kappa shape index (κ3) is 5.18. The third-order valence-corrected chi connectivity index (χ3v) is 7.39. The Morgan fingerprint density at radius 1 is 1.25 bits per heavy atom. The molecule has 4 heterocycles. The molecule has 0 spiro atoms. The lowest BCUT2D eigenvalue weighted by molar-refractivity contribution is -0.122. The first-order valence-electron chi connectivity index (χ1n) is 9.46. The molecule has 0 unspecified atom stereocenters. The van der Waals surface area contributed by atoms with Crippen molar-refractivity contribution in [3.8, 4) is 11.5 Å². The first-order chi connectivity index (χ1) is 15.3. The fourth-order valence-corrected chi connectivity index (χ4v) is 5.37. The molecular weight excluding hydrogens is 454 g/mol. The van der Waals surface area contributed by atoms with Crippen LogP contribution in [0.4, 0.5) is 16.6 Å². The lowest BCUT2D eigenvalue weighted by Gasteiger charge is -2.35. The predicted molar refractivity (Wildman–Crippen MR) is 122 cm³/mol. The molecule has 0 atom stereocenters. The van der Waals surface area contributed by atoms with E-state index >= 15 is 0 Å². The average molecular weight is 478 g/mol. The Bertz CT molecular complexity index is 1160. The van der Waals surface area contributed by atoms with E-state index in [0.717, 1.165) is 5.69 Å². The Labute approximate surface area is 189 Å². The summed E-state index contributed by atoms with van der Waals surface area (Å²) >= 11 is 1.19. The lowest BCUT2D eigenvalue weighted by Crippen LogP contribution is -2.52. The minimum Gasteiger partial charge on any atom is -0.483 e. The van der Waals surface area contributed by atoms with Gasteiger partial charge in [-0.3, -0.25) is 9.78 Å². The van der Waals surface area contributed by atoms with Gasteiger partial charge in [0.1, 0.15) is 5.69 Å². The standard InChI is InChI=1S/C18H21N7O2S2.CH2O2/c1-24(2)15-5-4-8-19-17(15)22-18-21-16(23-28-18)14-7-6-12(9-20-14)29(26,27)13-10-25(3)11-13;2-1-3/h4-9,13H,10-11H2,1-3H3,(H,19,21,22,23);1H,(H,2,3). The number of sulfone groups is 1. The second-order valence-corrected chi connectivity index (χ2v) is 10.2. The highest BCUT2D eigenvalue weighted by Crippen LogP contribution is 2.28. The average Bonchev–Trinajstić information content (AvgIpc) is 3.21. The van der Waals surface area contributed by atoms with Gasteiger partial charge in [0.25, 0.3) is 6.47 Å². The summed E-state index contributed by atoms with van der Waals surface area (Å²) < 4.78 is 29.5. The zero-order valence-corrected chi connectivity index (χ0v) is 19.3. The third-order valence-electron chi connectivity index (χ3n) is 4.68. The van der Waals surface area contributed by atoms with E-state index in [-0.39, 0.29) is 16.6 Å². The zero-order chi connectivity index (χ0) is 23.3. The van der Waals surface area contributed by atoms with Crippen LogP contribution in [0.1, 0.15) is 0 Å². The van der Waals surface area contributed by atoms with Gasteiger partial charge in [-0.25, -0.2) is 13.4 Å². The van der Waals surface area contributed by atoms with Crippen molar-refractivity contribution >= 4 is 44.5 Å². The van der Waals surface area contributed by atoms with E-state index in [1.807, 2.05) is 43.1 Å². The van der Waals surface area contributed by atoms with E-state index in [4.69, 9.17) is 9.90 Å². The van der Waals surface area contributed by atoms with Gasteiger partial charge in [-0.15, -0.1) is 0 Å². The molecule has 1 aliphatic heterocycles. The quantitative estimate of drug-likeness (QED) is 0.500. The number of anilines is 3. The van der Waals surface area contributed by atoms with E-state index in [1.54, 1.807) is 18.3 Å². The molecular formula is C19H23N7O4S2. The maximum Gasteiger partial charge on any atom is 0.290 e. The molecule has 3 aromatic heterocycles. The van der Waals surface area contributed by atoms with Crippen molar-refractivity contribution in [1.82, 2.24) is 24.2 Å². The van der Waals surface area contributed by atoms with Crippen molar-refractivity contribution in [2.45, 2.75) is 10.1 Å². The predicted octanol–water partition coefficient (Wildman–Crippen LogP) is 1.59. The summed E-state index contributed by atoms with van der Waals surface area (Å²) in [7, 11) is 2.43. The second kappa shape index (κ2) is 9.97. The minimum absolute atomic E-state index is 0.233. The van der Waals surface area contributed by atoms with Gasteiger partial charge in [-0.05, 0) is 31.3 Å². The molecule has 0 aromatic carbocycles. The van der Waals surface area contributed by atoms with Crippen LogP contribution in [0.25, 0.3) is 11.5 Å². The lowest BCUT2D eigenvalue weighted by atomic mass is 10.2. The number of nitrogens with one attached hydrogen (secondary N) is 1. The Hall–Kier alpha value is -3.16. The van der Waals surface area contributed by atoms with Crippen molar-refractivity contribution in [3.05, 3.63) is 36.7 Å². The highest BCUT2D eigenvalue weighted by molar-refractivity contribution is 7.92. The number of rotatable bonds is 6. The number of nitrogens with zero attached hydrogens (tertiary/aromatic N) is 6. The topological polar surface area (TPSA) is 142 Å². The van der Waals surface area contributed by atoms with Crippen LogP contribution in [0.5, 0.6) is 0 Å². The summed E-state index contributed by atoms with van der Waals surface area (Å²) in [5.74, 6) is 1.12. The van der Waals surface area contributed by atoms with Gasteiger partial charge in [0, 0.05) is 51.1 Å². The number of carbonyl (C=O) groups is 1. The summed E-state index contributed by atoms with van der Waals surface area (Å²) in [5.41, 5.74) is 1.45. The Morgan fingerprint density at radius 3 is 2.56 bits per heavy atom. The van der Waals surface area contributed by atoms with Crippen LogP contribution in [0.2, 0.25) is 0 Å². The largest absolute Gasteiger partial charge is 0.483 e. The Kier molecular flexibility index (Phi) is 7.33. The van der Waals surface area contributed by atoms with Crippen LogP contribution < -0.4 is 10.2 Å². The Morgan fingerprint density at radius 2 is 1.97 bits per heavy atom. The number of hydrogen-bond acceptors (Lipinski definition) is 11. The monoisotopic (exact) mass is 477 g/mol. The summed E-state index contributed by atoms with van der Waals surface area (Å²) in [6.45, 7) is 0.852. The smallest absolute Gasteiger partial charge is 0.290 e. The van der Waals surface area contributed by atoms with Crippen molar-refractivity contribution < 1.29 is 18.3 Å². The molecule has 0 amide bonds. The summed E-state index contributed by atoms with van der Waals surface area (Å²) in [4.78, 5) is 25.6. The molecule has 1 aliphatic rings. The van der Waals surface area contributed by atoms with Crippen LogP contribution in [0, 0.1) is 0 Å². The number of likely N-dealkylation sites (tertiary alicyclic amines) is 1. The highest BCUT2D eigenvalue weighted by Gasteiger charge is 2.36. The van der Waals surface area contributed by atoms with Crippen LogP contribution in [0.15, 0.2) is 41.6 Å². The van der Waals surface area contributed by atoms with Gasteiger partial charge in [0.15, 0.2) is 21.5 Å². The zero-order valence-electron chi connectivity index (χ0n) is 17.7. The van der Waals surface area contributed by atoms with E-state index in [2.05, 4.69) is 24.6 Å². The van der Waals surface area contributed by atoms with Gasteiger partial charge < -0.3 is 20.2 Å². The second-order valence-electron chi connectivity index (χ2n) is 7.19. The SMILES string of the molecule is CN1CC(S(=O)(=O)c2ccc(-c3nsc(Nc4ncccc4N(C)C)n3)nc2)C1.O=CO. The van der Waals surface area contributed by atoms with Crippen LogP contribution >= 0.6 is 11.5 Å². The van der Waals surface area contributed by atoms with Crippen LogP contribution in [-0.2, 0) is 14.6 Å². The number of aromatic nitrogens is 4. The number of carboxylic acid groups (broad SMARTS) is 1. The van der Waals surface area contributed by atoms with Gasteiger partial charge in [0.05, 0.1) is 15.8 Å². The maximum atomic E-state index is 12.6. The van der Waals surface area contributed by atoms with E-state index in [1.165, 1.54) is 17.7 Å². The molecule has 13 heteroatoms. The highest BCUT2D eigenvalue weighted by atomic mass is 32.2. The van der Waals surface area contributed by atoms with Crippen LogP contribution in [-0.4, -0.2) is 83.7 Å². The van der Waals surface area contributed by atoms with Gasteiger partial charge >= 0.3 is 0 Å². The van der Waals surface area contributed by atoms with E-state index < -0.39 is 9.84 Å². The molecule has 0 bridgehead atoms. The fraction of sp³-hybridized carbons (Fsp3) is 0.316. The minimum atomic E-state index is -3.35. The fourth-order valence-electron chi connectivity index (χ4n) is 3.04. The van der Waals surface area contributed by atoms with Gasteiger partial charge in [-0.2, -0.15) is 9.36 Å². The van der Waals surface area contributed by atoms with E-state index in [0.29, 0.717) is 35.6 Å². The summed E-state index contributed by atoms with van der Waals surface area (Å²) in [6, 6.07) is 7.05. The summed E-state index contributed by atoms with van der Waals surface area (Å²) in [6.07, 6.45) is 3.10. The Balaban J connectivity index is 0.000000913. The van der Waals surface area contributed by atoms with Crippen molar-refractivity contribution in [1.29, 1.82) is 0 Å². The molecule has 32 heavy (non-hydrogen) atoms. The normalized spacial score (nSPS) is 14.1. The maximum absolute atomic E-state index is 12.6. The van der Waals surface area contributed by atoms with Crippen molar-refractivity contribution in [2.24, 2.45) is 0 Å². The van der Waals surface area contributed by atoms with Gasteiger partial charge in [-0.1, -0.05) is 0 Å². The molecule has 0 radical (unpaired) electrons. The molecule has 1 fully saturated rings. The van der Waals surface area contributed by atoms with Crippen molar-refractivity contribution in [3.63, 3.8) is 0 Å². The first-order valence-corrected chi connectivity index (χ1v) is 11.8. The van der Waals surface area contributed by atoms with Crippen LogP contribution in [0.3, 0.4) is 0 Å². The molecule has 0 saturated carbocycles. The number of pyridine rings is 2. The summed E-state index contributed by atoms with van der Waals surface area (Å²) in [5, 5.41) is 10.3. The van der Waals surface area contributed by atoms with E-state index in [9.17, 15) is 8.42 Å². The van der Waals surface area contributed by atoms with Gasteiger partial charge in [0.2, 0.25) is 5.13 Å².